The summed E-state index contributed by atoms with van der Waals surface area (Å²) in [4.78, 5) is 4.30. The van der Waals surface area contributed by atoms with E-state index in [1.807, 2.05) is 20.8 Å². The van der Waals surface area contributed by atoms with Gasteiger partial charge >= 0.3 is 0 Å². The highest BCUT2D eigenvalue weighted by Gasteiger charge is 2.18. The largest absolute Gasteiger partial charge is 0.263 e. The van der Waals surface area contributed by atoms with Gasteiger partial charge in [-0.2, -0.15) is 0 Å². The minimum absolute atomic E-state index is 0.0771. The topological polar surface area (TPSA) is 47.0 Å². The molecule has 1 aromatic rings. The molecule has 0 unspecified atom stereocenters. The molecule has 1 aromatic heterocycles. The van der Waals surface area contributed by atoms with Crippen LogP contribution in [0, 0.1) is 0 Å². The normalized spacial score (nSPS) is 12.8. The van der Waals surface area contributed by atoms with Crippen molar-refractivity contribution in [3.63, 3.8) is 0 Å². The second kappa shape index (κ2) is 3.93. The van der Waals surface area contributed by atoms with Crippen molar-refractivity contribution >= 4 is 9.84 Å². The Labute approximate surface area is 91.5 Å². The van der Waals surface area contributed by atoms with E-state index in [4.69, 9.17) is 0 Å². The second-order valence-corrected chi connectivity index (χ2v) is 6.84. The van der Waals surface area contributed by atoms with Crippen LogP contribution in [0.3, 0.4) is 0 Å². The first-order valence-electron chi connectivity index (χ1n) is 4.95. The molecule has 0 spiro atoms. The Kier molecular flexibility index (Phi) is 3.19. The van der Waals surface area contributed by atoms with Crippen LogP contribution in [0.25, 0.3) is 0 Å². The van der Waals surface area contributed by atoms with Gasteiger partial charge in [0.25, 0.3) is 0 Å². The van der Waals surface area contributed by atoms with E-state index in [0.29, 0.717) is 4.90 Å². The van der Waals surface area contributed by atoms with Crippen LogP contribution in [0.2, 0.25) is 0 Å². The molecule has 1 rings (SSSR count). The van der Waals surface area contributed by atoms with Crippen LogP contribution >= 0.6 is 0 Å². The minimum Gasteiger partial charge on any atom is -0.263 e. The molecule has 15 heavy (non-hydrogen) atoms. The van der Waals surface area contributed by atoms with Crippen LogP contribution < -0.4 is 0 Å². The van der Waals surface area contributed by atoms with Gasteiger partial charge in [0.1, 0.15) is 0 Å². The van der Waals surface area contributed by atoms with Gasteiger partial charge in [0, 0.05) is 12.4 Å². The van der Waals surface area contributed by atoms with Gasteiger partial charge in [-0.15, -0.1) is 0 Å². The van der Waals surface area contributed by atoms with E-state index in [1.165, 1.54) is 6.20 Å². The van der Waals surface area contributed by atoms with Crippen LogP contribution in [-0.4, -0.2) is 19.2 Å². The highest BCUT2D eigenvalue weighted by Crippen LogP contribution is 2.23. The number of aromatic nitrogens is 1. The molecule has 0 saturated carbocycles. The van der Waals surface area contributed by atoms with Crippen molar-refractivity contribution in [2.24, 2.45) is 0 Å². The number of nitrogens with zero attached hydrogens (tertiary/aromatic N) is 1. The van der Waals surface area contributed by atoms with E-state index in [-0.39, 0.29) is 11.2 Å². The van der Waals surface area contributed by atoms with Gasteiger partial charge < -0.3 is 0 Å². The summed E-state index contributed by atoms with van der Waals surface area (Å²) >= 11 is 0. The summed E-state index contributed by atoms with van der Waals surface area (Å²) in [6.07, 6.45) is 3.13. The lowest BCUT2D eigenvalue weighted by Crippen LogP contribution is -2.13. The molecule has 0 saturated heterocycles. The van der Waals surface area contributed by atoms with Gasteiger partial charge in [-0.1, -0.05) is 27.7 Å². The predicted octanol–water partition coefficient (Wildman–Crippen LogP) is 2.17. The lowest BCUT2D eigenvalue weighted by molar-refractivity contribution is 0.580. The molecule has 0 aromatic carbocycles. The van der Waals surface area contributed by atoms with Crippen molar-refractivity contribution in [1.29, 1.82) is 0 Å². The Bertz CT molecular complexity index is 444. The molecule has 4 heteroatoms. The van der Waals surface area contributed by atoms with E-state index in [0.717, 1.165) is 5.56 Å². The average Bonchev–Trinajstić information content (AvgIpc) is 2.17. The first-order chi connectivity index (χ1) is 6.77. The third kappa shape index (κ3) is 2.78. The molecule has 0 aliphatic heterocycles. The zero-order chi connectivity index (χ0) is 11.7. The summed E-state index contributed by atoms with van der Waals surface area (Å²) in [5.74, 6) is 0.113. The Morgan fingerprint density at radius 3 is 2.33 bits per heavy atom. The zero-order valence-corrected chi connectivity index (χ0v) is 10.4. The smallest absolute Gasteiger partial charge is 0.179 e. The Morgan fingerprint density at radius 2 is 1.87 bits per heavy atom. The van der Waals surface area contributed by atoms with Crippen molar-refractivity contribution in [2.45, 2.75) is 38.0 Å². The van der Waals surface area contributed by atoms with E-state index in [1.54, 1.807) is 19.2 Å². The van der Waals surface area contributed by atoms with Gasteiger partial charge in [-0.05, 0) is 17.0 Å². The quantitative estimate of drug-likeness (QED) is 0.778. The third-order valence-corrected chi connectivity index (χ3v) is 4.02. The number of rotatable bonds is 2. The van der Waals surface area contributed by atoms with Crippen LogP contribution in [0.5, 0.6) is 0 Å². The summed E-state index contributed by atoms with van der Waals surface area (Å²) in [6, 6.07) is 1.71. The maximum Gasteiger partial charge on any atom is 0.179 e. The summed E-state index contributed by atoms with van der Waals surface area (Å²) < 4.78 is 23.3. The minimum atomic E-state index is -3.14. The summed E-state index contributed by atoms with van der Waals surface area (Å²) in [5.41, 5.74) is 0.865. The summed E-state index contributed by atoms with van der Waals surface area (Å²) in [7, 11) is -3.14. The molecule has 0 fully saturated rings. The monoisotopic (exact) mass is 227 g/mol. The van der Waals surface area contributed by atoms with Crippen LogP contribution in [0.15, 0.2) is 23.4 Å². The molecule has 0 bridgehead atoms. The van der Waals surface area contributed by atoms with Crippen molar-refractivity contribution < 1.29 is 8.42 Å². The van der Waals surface area contributed by atoms with Gasteiger partial charge in [0.2, 0.25) is 0 Å². The van der Waals surface area contributed by atoms with E-state index < -0.39 is 9.84 Å². The standard InChI is InChI=1S/C11H17NO2S/c1-5-15(13,14)10-6-9(7-12-8-10)11(2,3)4/h6-8H,5H2,1-4H3. The molecule has 0 aliphatic rings. The fourth-order valence-electron chi connectivity index (χ4n) is 1.17. The van der Waals surface area contributed by atoms with Crippen molar-refractivity contribution in [2.75, 3.05) is 5.75 Å². The number of sulfone groups is 1. The Hall–Kier alpha value is -0.900. The van der Waals surface area contributed by atoms with Gasteiger partial charge in [0.05, 0.1) is 10.6 Å². The Balaban J connectivity index is 3.27. The molecule has 0 amide bonds. The van der Waals surface area contributed by atoms with Crippen molar-refractivity contribution in [1.82, 2.24) is 4.98 Å². The highest BCUT2D eigenvalue weighted by molar-refractivity contribution is 7.91. The van der Waals surface area contributed by atoms with Crippen LogP contribution in [0.1, 0.15) is 33.3 Å². The fourth-order valence-corrected chi connectivity index (χ4v) is 2.03. The lowest BCUT2D eigenvalue weighted by atomic mass is 9.88. The maximum atomic E-state index is 11.6. The summed E-state index contributed by atoms with van der Waals surface area (Å²) in [5, 5.41) is 0. The van der Waals surface area contributed by atoms with E-state index in [9.17, 15) is 8.42 Å². The van der Waals surface area contributed by atoms with Gasteiger partial charge in [-0.3, -0.25) is 4.98 Å². The van der Waals surface area contributed by atoms with Crippen LogP contribution in [-0.2, 0) is 15.3 Å². The molecular weight excluding hydrogens is 210 g/mol. The molecular formula is C11H17NO2S. The number of hydrogen-bond donors (Lipinski definition) is 0. The van der Waals surface area contributed by atoms with E-state index in [2.05, 4.69) is 4.98 Å². The zero-order valence-electron chi connectivity index (χ0n) is 9.61. The van der Waals surface area contributed by atoms with Gasteiger partial charge in [-0.25, -0.2) is 8.42 Å². The predicted molar refractivity (Wildman–Crippen MR) is 60.7 cm³/mol. The molecule has 0 radical (unpaired) electrons. The lowest BCUT2D eigenvalue weighted by Gasteiger charge is -2.18. The highest BCUT2D eigenvalue weighted by atomic mass is 32.2. The van der Waals surface area contributed by atoms with Crippen molar-refractivity contribution in [3.05, 3.63) is 24.0 Å². The maximum absolute atomic E-state index is 11.6. The molecule has 0 aliphatic carbocycles. The number of hydrogen-bond acceptors (Lipinski definition) is 3. The second-order valence-electron chi connectivity index (χ2n) is 4.56. The first kappa shape index (κ1) is 12.2. The SMILES string of the molecule is CCS(=O)(=O)c1cncc(C(C)(C)C)c1. The first-order valence-corrected chi connectivity index (χ1v) is 6.61. The average molecular weight is 227 g/mol. The van der Waals surface area contributed by atoms with Gasteiger partial charge in [0.15, 0.2) is 9.84 Å². The molecule has 3 nitrogen and oxygen atoms in total. The van der Waals surface area contributed by atoms with Crippen LogP contribution in [0.4, 0.5) is 0 Å². The molecule has 0 atom stereocenters. The molecule has 0 N–H and O–H groups in total. The Morgan fingerprint density at radius 1 is 1.27 bits per heavy atom. The molecule has 1 heterocycles. The third-order valence-electron chi connectivity index (χ3n) is 2.32. The van der Waals surface area contributed by atoms with E-state index >= 15 is 0 Å². The number of pyridine rings is 1. The summed E-state index contributed by atoms with van der Waals surface area (Å²) in [6.45, 7) is 7.74. The van der Waals surface area contributed by atoms with Crippen molar-refractivity contribution in [3.8, 4) is 0 Å². The molecule has 84 valence electrons. The fraction of sp³-hybridized carbons (Fsp3) is 0.545.